The van der Waals surface area contributed by atoms with Gasteiger partial charge in [0, 0.05) is 5.92 Å². The Hall–Kier alpha value is -2.76. The Morgan fingerprint density at radius 1 is 1.04 bits per heavy atom. The fourth-order valence-electron chi connectivity index (χ4n) is 2.19. The van der Waals surface area contributed by atoms with E-state index in [9.17, 15) is 9.59 Å². The number of carbonyl (C=O) groups excluding carboxylic acids is 2. The molecule has 6 nitrogen and oxygen atoms in total. The predicted molar refractivity (Wildman–Crippen MR) is 89.2 cm³/mol. The molecule has 0 saturated carbocycles. The van der Waals surface area contributed by atoms with Crippen LogP contribution in [-0.4, -0.2) is 11.8 Å². The predicted octanol–water partition coefficient (Wildman–Crippen LogP) is 3.06. The zero-order valence-corrected chi connectivity index (χ0v) is 13.9. The number of hydrogen-bond donors (Lipinski definition) is 2. The maximum absolute atomic E-state index is 12.0. The van der Waals surface area contributed by atoms with Crippen molar-refractivity contribution in [1.29, 1.82) is 0 Å². The fourth-order valence-corrected chi connectivity index (χ4v) is 2.19. The fraction of sp³-hybridized carbons (Fsp3) is 0.333. The lowest BCUT2D eigenvalue weighted by atomic mass is 10.0. The molecule has 0 aliphatic heterocycles. The van der Waals surface area contributed by atoms with E-state index in [4.69, 9.17) is 9.15 Å². The first-order chi connectivity index (χ1) is 11.6. The number of carbonyl (C=O) groups is 2. The molecule has 0 spiro atoms. The normalized spacial score (nSPS) is 10.5. The maximum Gasteiger partial charge on any atom is 0.305 e. The Bertz CT molecular complexity index is 663. The number of hydrazine groups is 1. The number of para-hydroxylation sites is 1. The van der Waals surface area contributed by atoms with Crippen molar-refractivity contribution in [1.82, 2.24) is 10.9 Å². The van der Waals surface area contributed by atoms with Gasteiger partial charge < -0.3 is 9.15 Å². The van der Waals surface area contributed by atoms with Crippen molar-refractivity contribution in [3.63, 3.8) is 0 Å². The first-order valence-electron chi connectivity index (χ1n) is 8.00. The van der Waals surface area contributed by atoms with E-state index in [0.29, 0.717) is 5.76 Å². The van der Waals surface area contributed by atoms with Crippen LogP contribution >= 0.6 is 0 Å². The van der Waals surface area contributed by atoms with Crippen molar-refractivity contribution >= 4 is 11.8 Å². The van der Waals surface area contributed by atoms with Crippen LogP contribution < -0.4 is 15.6 Å². The van der Waals surface area contributed by atoms with Gasteiger partial charge in [0.25, 0.3) is 0 Å². The van der Waals surface area contributed by atoms with Gasteiger partial charge in [-0.15, -0.1) is 0 Å². The second-order valence-corrected chi connectivity index (χ2v) is 5.32. The summed E-state index contributed by atoms with van der Waals surface area (Å²) in [6, 6.07) is 12.5. The second kappa shape index (κ2) is 8.76. The van der Waals surface area contributed by atoms with Crippen LogP contribution in [0.2, 0.25) is 0 Å². The zero-order valence-electron chi connectivity index (χ0n) is 13.9. The minimum absolute atomic E-state index is 0.114. The topological polar surface area (TPSA) is 80.6 Å². The molecule has 6 heteroatoms. The molecule has 2 amide bonds. The van der Waals surface area contributed by atoms with Crippen LogP contribution in [0.1, 0.15) is 43.0 Å². The summed E-state index contributed by atoms with van der Waals surface area (Å²) in [5.41, 5.74) is 4.78. The third kappa shape index (κ3) is 4.87. The molecule has 1 heterocycles. The standard InChI is InChI=1S/C18H22N2O4/c1-3-13(4-2)17(21)19-20-18(22)16-11-10-15(24-16)12-23-14-8-6-5-7-9-14/h5-11,13H,3-4,12H2,1-2H3,(H,19,21)(H,20,22). The molecule has 0 fully saturated rings. The number of benzene rings is 1. The number of amides is 2. The first kappa shape index (κ1) is 17.6. The first-order valence-corrected chi connectivity index (χ1v) is 8.00. The van der Waals surface area contributed by atoms with Gasteiger partial charge in [0.15, 0.2) is 5.76 Å². The van der Waals surface area contributed by atoms with Gasteiger partial charge in [-0.05, 0) is 37.1 Å². The van der Waals surface area contributed by atoms with Gasteiger partial charge in [-0.1, -0.05) is 32.0 Å². The summed E-state index contributed by atoms with van der Waals surface area (Å²) < 4.78 is 11.0. The summed E-state index contributed by atoms with van der Waals surface area (Å²) in [7, 11) is 0. The summed E-state index contributed by atoms with van der Waals surface area (Å²) in [6.07, 6.45) is 1.44. The Morgan fingerprint density at radius 2 is 1.75 bits per heavy atom. The lowest BCUT2D eigenvalue weighted by Crippen LogP contribution is -2.44. The Balaban J connectivity index is 1.83. The summed E-state index contributed by atoms with van der Waals surface area (Å²) in [5, 5.41) is 0. The highest BCUT2D eigenvalue weighted by atomic mass is 16.5. The quantitative estimate of drug-likeness (QED) is 0.765. The lowest BCUT2D eigenvalue weighted by Gasteiger charge is -2.12. The van der Waals surface area contributed by atoms with Gasteiger partial charge in [-0.2, -0.15) is 0 Å². The molecule has 128 valence electrons. The van der Waals surface area contributed by atoms with Crippen molar-refractivity contribution in [2.75, 3.05) is 0 Å². The van der Waals surface area contributed by atoms with Crippen molar-refractivity contribution in [2.45, 2.75) is 33.3 Å². The third-order valence-corrected chi connectivity index (χ3v) is 3.67. The smallest absolute Gasteiger partial charge is 0.305 e. The summed E-state index contributed by atoms with van der Waals surface area (Å²) in [5.74, 6) is 0.545. The second-order valence-electron chi connectivity index (χ2n) is 5.32. The van der Waals surface area contributed by atoms with E-state index in [1.54, 1.807) is 12.1 Å². The van der Waals surface area contributed by atoms with Crippen molar-refractivity contribution < 1.29 is 18.7 Å². The molecule has 2 rings (SSSR count). The minimum Gasteiger partial charge on any atom is -0.486 e. The number of ether oxygens (including phenoxy) is 1. The SMILES string of the molecule is CCC(CC)C(=O)NNC(=O)c1ccc(COc2ccccc2)o1. The molecule has 24 heavy (non-hydrogen) atoms. The van der Waals surface area contributed by atoms with Crippen molar-refractivity contribution in [3.05, 3.63) is 54.0 Å². The number of nitrogens with one attached hydrogen (secondary N) is 2. The molecule has 1 aromatic carbocycles. The van der Waals surface area contributed by atoms with Gasteiger partial charge >= 0.3 is 5.91 Å². The van der Waals surface area contributed by atoms with Crippen molar-refractivity contribution in [3.8, 4) is 5.75 Å². The number of rotatable bonds is 7. The Morgan fingerprint density at radius 3 is 2.42 bits per heavy atom. The van der Waals surface area contributed by atoms with Gasteiger partial charge in [0.2, 0.25) is 5.91 Å². The van der Waals surface area contributed by atoms with Gasteiger partial charge in [-0.3, -0.25) is 20.4 Å². The monoisotopic (exact) mass is 330 g/mol. The summed E-state index contributed by atoms with van der Waals surface area (Å²) in [4.78, 5) is 23.8. The van der Waals surface area contributed by atoms with E-state index < -0.39 is 5.91 Å². The van der Waals surface area contributed by atoms with E-state index >= 15 is 0 Å². The zero-order chi connectivity index (χ0) is 17.4. The van der Waals surface area contributed by atoms with Gasteiger partial charge in [0.1, 0.15) is 18.1 Å². The molecule has 0 aliphatic rings. The van der Waals surface area contributed by atoms with E-state index in [1.165, 1.54) is 0 Å². The Labute approximate surface area is 141 Å². The molecule has 0 atom stereocenters. The molecular weight excluding hydrogens is 308 g/mol. The van der Waals surface area contributed by atoms with Gasteiger partial charge in [-0.25, -0.2) is 0 Å². The average Bonchev–Trinajstić information content (AvgIpc) is 3.09. The lowest BCUT2D eigenvalue weighted by molar-refractivity contribution is -0.126. The van der Waals surface area contributed by atoms with E-state index in [-0.39, 0.29) is 24.2 Å². The Kier molecular flexibility index (Phi) is 6.42. The average molecular weight is 330 g/mol. The van der Waals surface area contributed by atoms with Crippen LogP contribution in [0.4, 0.5) is 0 Å². The van der Waals surface area contributed by atoms with Crippen LogP contribution in [0, 0.1) is 5.92 Å². The highest BCUT2D eigenvalue weighted by molar-refractivity contribution is 5.93. The molecule has 0 aliphatic carbocycles. The molecule has 0 radical (unpaired) electrons. The molecule has 0 saturated heterocycles. The van der Waals surface area contributed by atoms with E-state index in [0.717, 1.165) is 18.6 Å². The highest BCUT2D eigenvalue weighted by Crippen LogP contribution is 2.14. The van der Waals surface area contributed by atoms with Crippen LogP contribution in [-0.2, 0) is 11.4 Å². The van der Waals surface area contributed by atoms with Crippen LogP contribution in [0.25, 0.3) is 0 Å². The largest absolute Gasteiger partial charge is 0.486 e. The van der Waals surface area contributed by atoms with E-state index in [2.05, 4.69) is 10.9 Å². The molecular formula is C18H22N2O4. The maximum atomic E-state index is 12.0. The number of hydrogen-bond acceptors (Lipinski definition) is 4. The minimum atomic E-state index is -0.500. The number of furan rings is 1. The van der Waals surface area contributed by atoms with Crippen LogP contribution in [0.3, 0.4) is 0 Å². The molecule has 2 N–H and O–H groups in total. The third-order valence-electron chi connectivity index (χ3n) is 3.67. The highest BCUT2D eigenvalue weighted by Gasteiger charge is 2.16. The van der Waals surface area contributed by atoms with Crippen LogP contribution in [0.15, 0.2) is 46.9 Å². The molecule has 0 unspecified atom stereocenters. The molecule has 0 bridgehead atoms. The molecule has 2 aromatic rings. The van der Waals surface area contributed by atoms with Gasteiger partial charge in [0.05, 0.1) is 0 Å². The van der Waals surface area contributed by atoms with E-state index in [1.807, 2.05) is 44.2 Å². The van der Waals surface area contributed by atoms with Crippen molar-refractivity contribution in [2.24, 2.45) is 5.92 Å². The molecule has 1 aromatic heterocycles. The summed E-state index contributed by atoms with van der Waals surface area (Å²) >= 11 is 0. The summed E-state index contributed by atoms with van der Waals surface area (Å²) in [6.45, 7) is 4.08. The van der Waals surface area contributed by atoms with Crippen LogP contribution in [0.5, 0.6) is 5.75 Å².